The van der Waals surface area contributed by atoms with E-state index < -0.39 is 20.0 Å². The van der Waals surface area contributed by atoms with Crippen LogP contribution in [0.3, 0.4) is 0 Å². The molecular weight excluding hydrogens is 494 g/mol. The number of benzene rings is 2. The highest BCUT2D eigenvalue weighted by Crippen LogP contribution is 2.28. The van der Waals surface area contributed by atoms with Gasteiger partial charge in [-0.3, -0.25) is 9.03 Å². The van der Waals surface area contributed by atoms with Gasteiger partial charge in [0.05, 0.1) is 17.7 Å². The Balaban J connectivity index is 1.87. The van der Waals surface area contributed by atoms with Crippen LogP contribution in [-0.4, -0.2) is 54.4 Å². The maximum atomic E-state index is 11.9. The van der Waals surface area contributed by atoms with Crippen molar-refractivity contribution in [2.45, 2.75) is 6.42 Å². The number of rotatable bonds is 12. The molecule has 2 rings (SSSR count). The van der Waals surface area contributed by atoms with Crippen LogP contribution in [0.25, 0.3) is 0 Å². The van der Waals surface area contributed by atoms with Gasteiger partial charge in [-0.1, -0.05) is 28.1 Å². The first-order chi connectivity index (χ1) is 14.1. The Kier molecular flexibility index (Phi) is 8.80. The zero-order valence-electron chi connectivity index (χ0n) is 16.8. The second kappa shape index (κ2) is 10.9. The second-order valence-electron chi connectivity index (χ2n) is 6.51. The van der Waals surface area contributed by atoms with Crippen molar-refractivity contribution in [2.24, 2.45) is 0 Å². The summed E-state index contributed by atoms with van der Waals surface area (Å²) < 4.78 is 56.9. The van der Waals surface area contributed by atoms with Crippen LogP contribution in [0.2, 0.25) is 0 Å². The Morgan fingerprint density at radius 2 is 1.63 bits per heavy atom. The fourth-order valence-electron chi connectivity index (χ4n) is 2.51. The van der Waals surface area contributed by atoms with E-state index >= 15 is 0 Å². The van der Waals surface area contributed by atoms with Gasteiger partial charge in [0.25, 0.3) is 0 Å². The van der Waals surface area contributed by atoms with Gasteiger partial charge in [-0.2, -0.15) is 0 Å². The SMILES string of the molecule is CN(c1ccccc1OCCNc1ccc(NS(=O)(=O)CCCBr)cc1)S(C)(=O)=O. The van der Waals surface area contributed by atoms with Gasteiger partial charge >= 0.3 is 0 Å². The molecule has 166 valence electrons. The van der Waals surface area contributed by atoms with Crippen LogP contribution in [0.5, 0.6) is 5.75 Å². The second-order valence-corrected chi connectivity index (χ2v) is 11.2. The maximum Gasteiger partial charge on any atom is 0.232 e. The number of ether oxygens (including phenoxy) is 1. The molecule has 11 heteroatoms. The van der Waals surface area contributed by atoms with E-state index in [2.05, 4.69) is 26.0 Å². The van der Waals surface area contributed by atoms with Crippen LogP contribution in [0.4, 0.5) is 17.1 Å². The highest BCUT2D eigenvalue weighted by molar-refractivity contribution is 9.09. The predicted molar refractivity (Wildman–Crippen MR) is 126 cm³/mol. The molecule has 2 N–H and O–H groups in total. The summed E-state index contributed by atoms with van der Waals surface area (Å²) in [6.45, 7) is 0.794. The molecule has 2 aromatic rings. The number of sulfonamides is 2. The van der Waals surface area contributed by atoms with Gasteiger partial charge in [-0.25, -0.2) is 16.8 Å². The third kappa shape index (κ3) is 7.69. The van der Waals surface area contributed by atoms with E-state index in [1.807, 2.05) is 0 Å². The summed E-state index contributed by atoms with van der Waals surface area (Å²) in [5.74, 6) is 0.534. The van der Waals surface area contributed by atoms with Crippen molar-refractivity contribution >= 4 is 53.0 Å². The molecule has 0 saturated heterocycles. The molecule has 0 aliphatic rings. The van der Waals surface area contributed by atoms with Crippen molar-refractivity contribution in [1.82, 2.24) is 0 Å². The largest absolute Gasteiger partial charge is 0.490 e. The van der Waals surface area contributed by atoms with Gasteiger partial charge in [0, 0.05) is 30.3 Å². The molecule has 0 radical (unpaired) electrons. The average Bonchev–Trinajstić information content (AvgIpc) is 2.70. The van der Waals surface area contributed by atoms with Crippen molar-refractivity contribution in [1.29, 1.82) is 0 Å². The summed E-state index contributed by atoms with van der Waals surface area (Å²) >= 11 is 3.22. The summed E-state index contributed by atoms with van der Waals surface area (Å²) in [4.78, 5) is 0. The van der Waals surface area contributed by atoms with E-state index in [1.165, 1.54) is 11.4 Å². The van der Waals surface area contributed by atoms with E-state index in [0.29, 0.717) is 42.0 Å². The minimum Gasteiger partial charge on any atom is -0.490 e. The first-order valence-electron chi connectivity index (χ1n) is 9.18. The number of nitrogens with one attached hydrogen (secondary N) is 2. The van der Waals surface area contributed by atoms with Crippen molar-refractivity contribution in [3.05, 3.63) is 48.5 Å². The summed E-state index contributed by atoms with van der Waals surface area (Å²) in [5.41, 5.74) is 1.78. The third-order valence-corrected chi connectivity index (χ3v) is 7.22. The van der Waals surface area contributed by atoms with Gasteiger partial charge in [0.2, 0.25) is 20.0 Å². The predicted octanol–water partition coefficient (Wildman–Crippen LogP) is 3.10. The lowest BCUT2D eigenvalue weighted by Crippen LogP contribution is -2.25. The number of alkyl halides is 1. The van der Waals surface area contributed by atoms with Gasteiger partial charge in [-0.05, 0) is 42.8 Å². The molecule has 0 amide bonds. The molecule has 0 fully saturated rings. The molecule has 8 nitrogen and oxygen atoms in total. The van der Waals surface area contributed by atoms with Crippen LogP contribution in [-0.2, 0) is 20.0 Å². The molecule has 0 atom stereocenters. The summed E-state index contributed by atoms with van der Waals surface area (Å²) in [6.07, 6.45) is 1.68. The van der Waals surface area contributed by atoms with Crippen molar-refractivity contribution in [2.75, 3.05) is 51.9 Å². The first kappa shape index (κ1) is 24.3. The number of hydrogen-bond acceptors (Lipinski definition) is 6. The Morgan fingerprint density at radius 1 is 1.00 bits per heavy atom. The molecule has 0 aliphatic heterocycles. The molecule has 0 bridgehead atoms. The summed E-state index contributed by atoms with van der Waals surface area (Å²) in [6, 6.07) is 13.8. The lowest BCUT2D eigenvalue weighted by Gasteiger charge is -2.20. The Morgan fingerprint density at radius 3 is 2.27 bits per heavy atom. The molecule has 2 aromatic carbocycles. The van der Waals surface area contributed by atoms with Crippen LogP contribution < -0.4 is 19.1 Å². The van der Waals surface area contributed by atoms with Crippen LogP contribution in [0.15, 0.2) is 48.5 Å². The molecule has 0 aromatic heterocycles. The van der Waals surface area contributed by atoms with Crippen LogP contribution in [0.1, 0.15) is 6.42 Å². The first-order valence-corrected chi connectivity index (χ1v) is 13.8. The number of hydrogen-bond donors (Lipinski definition) is 2. The Hall–Kier alpha value is -1.98. The van der Waals surface area contributed by atoms with Crippen molar-refractivity contribution in [3.63, 3.8) is 0 Å². The van der Waals surface area contributed by atoms with Gasteiger partial charge < -0.3 is 10.1 Å². The number of anilines is 3. The van der Waals surface area contributed by atoms with Crippen LogP contribution in [0, 0.1) is 0 Å². The monoisotopic (exact) mass is 519 g/mol. The molecule has 0 heterocycles. The molecule has 0 unspecified atom stereocenters. The topological polar surface area (TPSA) is 105 Å². The van der Waals surface area contributed by atoms with Crippen LogP contribution >= 0.6 is 15.9 Å². The van der Waals surface area contributed by atoms with E-state index in [4.69, 9.17) is 4.74 Å². The van der Waals surface area contributed by atoms with E-state index in [9.17, 15) is 16.8 Å². The fraction of sp³-hybridized carbons (Fsp3) is 0.368. The maximum absolute atomic E-state index is 11.9. The molecule has 0 saturated carbocycles. The number of para-hydroxylation sites is 2. The third-order valence-electron chi connectivity index (χ3n) is 4.10. The Labute approximate surface area is 186 Å². The molecule has 30 heavy (non-hydrogen) atoms. The van der Waals surface area contributed by atoms with E-state index in [0.717, 1.165) is 11.9 Å². The quantitative estimate of drug-likeness (QED) is 0.329. The highest BCUT2D eigenvalue weighted by atomic mass is 79.9. The minimum absolute atomic E-state index is 0.0611. The fourth-order valence-corrected chi connectivity index (χ4v) is 4.79. The highest BCUT2D eigenvalue weighted by Gasteiger charge is 2.16. The number of halogens is 1. The van der Waals surface area contributed by atoms with Crippen molar-refractivity contribution < 1.29 is 21.6 Å². The smallest absolute Gasteiger partial charge is 0.232 e. The lowest BCUT2D eigenvalue weighted by atomic mass is 10.3. The van der Waals surface area contributed by atoms with E-state index in [1.54, 1.807) is 48.5 Å². The molecular formula is C19H26BrN3O5S2. The average molecular weight is 520 g/mol. The van der Waals surface area contributed by atoms with Gasteiger partial charge in [0.1, 0.15) is 12.4 Å². The Bertz CT molecular complexity index is 1030. The van der Waals surface area contributed by atoms with Gasteiger partial charge in [-0.15, -0.1) is 0 Å². The summed E-state index contributed by atoms with van der Waals surface area (Å²) in [5, 5.41) is 3.81. The summed E-state index contributed by atoms with van der Waals surface area (Å²) in [7, 11) is -5.26. The molecule has 0 aliphatic carbocycles. The zero-order chi connectivity index (χ0) is 22.2. The minimum atomic E-state index is -3.39. The number of nitrogens with zero attached hydrogens (tertiary/aromatic N) is 1. The standard InChI is InChI=1S/C19H26BrN3O5S2/c1-23(29(2,24)25)18-6-3-4-7-19(18)28-14-13-21-16-8-10-17(11-9-16)22-30(26,27)15-5-12-20/h3-4,6-11,21-22H,5,12-15H2,1-2H3. The van der Waals surface area contributed by atoms with E-state index in [-0.39, 0.29) is 5.75 Å². The van der Waals surface area contributed by atoms with Crippen molar-refractivity contribution in [3.8, 4) is 5.75 Å². The zero-order valence-corrected chi connectivity index (χ0v) is 20.1. The molecule has 0 spiro atoms. The lowest BCUT2D eigenvalue weighted by molar-refractivity contribution is 0.334. The van der Waals surface area contributed by atoms with Gasteiger partial charge in [0.15, 0.2) is 0 Å². The normalized spacial score (nSPS) is 11.7.